The van der Waals surface area contributed by atoms with Gasteiger partial charge in [-0.05, 0) is 19.8 Å². The van der Waals surface area contributed by atoms with E-state index >= 15 is 0 Å². The van der Waals surface area contributed by atoms with Gasteiger partial charge in [0, 0.05) is 0 Å². The molecule has 6 heteroatoms. The molecule has 0 spiro atoms. The van der Waals surface area contributed by atoms with E-state index in [2.05, 4.69) is 0 Å². The zero-order valence-corrected chi connectivity index (χ0v) is 7.34. The van der Waals surface area contributed by atoms with Crippen molar-refractivity contribution in [1.82, 2.24) is 10.3 Å². The molecule has 0 aromatic heterocycles. The van der Waals surface area contributed by atoms with Crippen molar-refractivity contribution in [1.29, 1.82) is 0 Å². The smallest absolute Gasteiger partial charge is 0.178 e. The number of hydroxylamine groups is 4. The van der Waals surface area contributed by atoms with Gasteiger partial charge in [0.05, 0.1) is 17.8 Å². The van der Waals surface area contributed by atoms with Crippen LogP contribution in [0.4, 0.5) is 0 Å². The number of nitrogens with two attached hydrogens (primary N) is 1. The fraction of sp³-hybridized carbons (Fsp3) is 0.714. The number of hydrogen-bond acceptors (Lipinski definition) is 6. The minimum atomic E-state index is -0.254. The number of aliphatic hydroxyl groups excluding tert-OH is 1. The summed E-state index contributed by atoms with van der Waals surface area (Å²) >= 11 is 0. The SMILES string of the molecule is CC1=C(N)N(O)ON1C1CC(O)C1. The zero-order chi connectivity index (χ0) is 9.59. The molecule has 1 fully saturated rings. The van der Waals surface area contributed by atoms with E-state index in [1.807, 2.05) is 0 Å². The Bertz CT molecular complexity index is 249. The van der Waals surface area contributed by atoms with Gasteiger partial charge in [0.15, 0.2) is 5.82 Å². The standard InChI is InChI=1S/C7H13N3O3/c1-4-7(8)10(12)13-9(4)5-2-6(11)3-5/h5-6,11-12H,2-3,8H2,1H3. The minimum absolute atomic E-state index is 0.116. The third kappa shape index (κ3) is 1.23. The Kier molecular flexibility index (Phi) is 1.83. The van der Waals surface area contributed by atoms with Crippen LogP contribution < -0.4 is 5.73 Å². The van der Waals surface area contributed by atoms with E-state index in [1.165, 1.54) is 5.06 Å². The second kappa shape index (κ2) is 2.76. The molecule has 0 aromatic rings. The van der Waals surface area contributed by atoms with E-state index in [1.54, 1.807) is 6.92 Å². The predicted molar refractivity (Wildman–Crippen MR) is 42.5 cm³/mol. The maximum atomic E-state index is 9.10. The van der Waals surface area contributed by atoms with Crippen molar-refractivity contribution in [2.24, 2.45) is 5.73 Å². The Morgan fingerprint density at radius 2 is 2.15 bits per heavy atom. The minimum Gasteiger partial charge on any atom is -0.393 e. The van der Waals surface area contributed by atoms with Crippen LogP contribution in [0.2, 0.25) is 0 Å². The van der Waals surface area contributed by atoms with Crippen LogP contribution in [0.5, 0.6) is 0 Å². The van der Waals surface area contributed by atoms with Gasteiger partial charge in [-0.25, -0.2) is 5.06 Å². The van der Waals surface area contributed by atoms with Gasteiger partial charge in [0.1, 0.15) is 0 Å². The van der Waals surface area contributed by atoms with Crippen LogP contribution in [0, 0.1) is 0 Å². The summed E-state index contributed by atoms with van der Waals surface area (Å²) in [6.07, 6.45) is 1.05. The van der Waals surface area contributed by atoms with Crippen molar-refractivity contribution in [2.75, 3.05) is 0 Å². The van der Waals surface area contributed by atoms with Gasteiger partial charge < -0.3 is 10.8 Å². The number of rotatable bonds is 1. The number of hydrogen-bond donors (Lipinski definition) is 3. The van der Waals surface area contributed by atoms with Crippen LogP contribution in [-0.4, -0.2) is 32.7 Å². The normalized spacial score (nSPS) is 34.1. The van der Waals surface area contributed by atoms with Gasteiger partial charge in [-0.3, -0.25) is 5.21 Å². The average molecular weight is 187 g/mol. The molecule has 0 unspecified atom stereocenters. The molecule has 4 N–H and O–H groups in total. The van der Waals surface area contributed by atoms with Crippen LogP contribution >= 0.6 is 0 Å². The highest BCUT2D eigenvalue weighted by atomic mass is 17.0. The molecule has 0 amide bonds. The second-order valence-electron chi connectivity index (χ2n) is 3.43. The fourth-order valence-electron chi connectivity index (χ4n) is 1.53. The van der Waals surface area contributed by atoms with E-state index in [0.29, 0.717) is 23.8 Å². The molecule has 2 rings (SSSR count). The molecule has 1 heterocycles. The average Bonchev–Trinajstić information content (AvgIpc) is 2.27. The number of allylic oxidation sites excluding steroid dienone is 1. The Balaban J connectivity index is 2.03. The largest absolute Gasteiger partial charge is 0.393 e. The fourth-order valence-corrected chi connectivity index (χ4v) is 1.53. The van der Waals surface area contributed by atoms with Crippen molar-refractivity contribution in [3.63, 3.8) is 0 Å². The van der Waals surface area contributed by atoms with E-state index < -0.39 is 0 Å². The molecular formula is C7H13N3O3. The molecule has 0 aromatic carbocycles. The third-order valence-electron chi connectivity index (χ3n) is 2.49. The summed E-state index contributed by atoms with van der Waals surface area (Å²) in [7, 11) is 0. The lowest BCUT2D eigenvalue weighted by molar-refractivity contribution is -0.403. The van der Waals surface area contributed by atoms with Crippen LogP contribution in [0.25, 0.3) is 0 Å². The topological polar surface area (TPSA) is 82.2 Å². The first-order valence-corrected chi connectivity index (χ1v) is 4.20. The summed E-state index contributed by atoms with van der Waals surface area (Å²) in [4.78, 5) is 4.95. The van der Waals surface area contributed by atoms with Crippen LogP contribution in [-0.2, 0) is 4.94 Å². The summed E-state index contributed by atoms with van der Waals surface area (Å²) in [5, 5.41) is 20.3. The molecule has 1 aliphatic heterocycles. The molecule has 6 nitrogen and oxygen atoms in total. The van der Waals surface area contributed by atoms with E-state index in [0.717, 1.165) is 0 Å². The highest BCUT2D eigenvalue weighted by molar-refractivity contribution is 5.08. The van der Waals surface area contributed by atoms with Gasteiger partial charge in [-0.2, -0.15) is 0 Å². The molecule has 0 bridgehead atoms. The monoisotopic (exact) mass is 187 g/mol. The van der Waals surface area contributed by atoms with Crippen LogP contribution in [0.15, 0.2) is 11.5 Å². The summed E-state index contributed by atoms with van der Waals surface area (Å²) < 4.78 is 0. The molecule has 0 radical (unpaired) electrons. The van der Waals surface area contributed by atoms with Crippen molar-refractivity contribution >= 4 is 0 Å². The van der Waals surface area contributed by atoms with Gasteiger partial charge >= 0.3 is 0 Å². The quantitative estimate of drug-likeness (QED) is 0.514. The third-order valence-corrected chi connectivity index (χ3v) is 2.49. The highest BCUT2D eigenvalue weighted by Crippen LogP contribution is 2.32. The molecule has 0 atom stereocenters. The lowest BCUT2D eigenvalue weighted by atomic mass is 9.89. The van der Waals surface area contributed by atoms with Gasteiger partial charge in [0.2, 0.25) is 0 Å². The Hall–Kier alpha value is -0.980. The maximum absolute atomic E-state index is 9.10. The highest BCUT2D eigenvalue weighted by Gasteiger charge is 2.38. The molecule has 1 saturated carbocycles. The van der Waals surface area contributed by atoms with Crippen molar-refractivity contribution in [3.8, 4) is 0 Å². The number of aliphatic hydroxyl groups is 1. The molecule has 74 valence electrons. The van der Waals surface area contributed by atoms with Crippen molar-refractivity contribution in [2.45, 2.75) is 31.9 Å². The summed E-state index contributed by atoms with van der Waals surface area (Å²) in [5.41, 5.74) is 6.17. The van der Waals surface area contributed by atoms with E-state index in [-0.39, 0.29) is 18.0 Å². The summed E-state index contributed by atoms with van der Waals surface area (Å²) in [6.45, 7) is 1.76. The molecule has 2 aliphatic rings. The van der Waals surface area contributed by atoms with Gasteiger partial charge in [-0.15, -0.1) is 4.94 Å². The molecule has 1 aliphatic carbocycles. The lowest BCUT2D eigenvalue weighted by Gasteiger charge is -2.37. The molecule has 13 heavy (non-hydrogen) atoms. The summed E-state index contributed by atoms with van der Waals surface area (Å²) in [5.74, 6) is 0.196. The lowest BCUT2D eigenvalue weighted by Crippen LogP contribution is -2.45. The first-order valence-electron chi connectivity index (χ1n) is 4.20. The predicted octanol–water partition coefficient (Wildman–Crippen LogP) is -0.489. The Morgan fingerprint density at radius 3 is 2.54 bits per heavy atom. The van der Waals surface area contributed by atoms with Gasteiger partial charge in [-0.1, -0.05) is 5.23 Å². The summed E-state index contributed by atoms with van der Waals surface area (Å²) in [6, 6.07) is 0.116. The number of nitrogens with zero attached hydrogens (tertiary/aromatic N) is 2. The van der Waals surface area contributed by atoms with Crippen LogP contribution in [0.3, 0.4) is 0 Å². The Labute approximate surface area is 75.7 Å². The first kappa shape index (κ1) is 8.61. The van der Waals surface area contributed by atoms with Gasteiger partial charge in [0.25, 0.3) is 0 Å². The second-order valence-corrected chi connectivity index (χ2v) is 3.43. The molecule has 0 saturated heterocycles. The Morgan fingerprint density at radius 1 is 1.54 bits per heavy atom. The van der Waals surface area contributed by atoms with Crippen molar-refractivity contribution < 1.29 is 15.3 Å². The maximum Gasteiger partial charge on any atom is 0.178 e. The van der Waals surface area contributed by atoms with E-state index in [9.17, 15) is 0 Å². The van der Waals surface area contributed by atoms with Crippen molar-refractivity contribution in [3.05, 3.63) is 11.5 Å². The zero-order valence-electron chi connectivity index (χ0n) is 7.34. The first-order chi connectivity index (χ1) is 6.09. The molecular weight excluding hydrogens is 174 g/mol. The van der Waals surface area contributed by atoms with Crippen LogP contribution in [0.1, 0.15) is 19.8 Å². The van der Waals surface area contributed by atoms with E-state index in [4.69, 9.17) is 21.0 Å².